The molecule has 5 rings (SSSR count). The van der Waals surface area contributed by atoms with Crippen LogP contribution in [0.2, 0.25) is 0 Å². The fraction of sp³-hybridized carbons (Fsp3) is 0.105. The van der Waals surface area contributed by atoms with Gasteiger partial charge in [0.2, 0.25) is 0 Å². The molecule has 0 fully saturated rings. The largest absolute Gasteiger partial charge is 0.507 e. The van der Waals surface area contributed by atoms with Crippen LogP contribution in [0.5, 0.6) is 23.0 Å². The first-order chi connectivity index (χ1) is 27.0. The molecule has 58 heavy (non-hydrogen) atoms. The number of para-hydroxylation sites is 4. The summed E-state index contributed by atoms with van der Waals surface area (Å²) in [6, 6.07) is 11.9. The van der Waals surface area contributed by atoms with Crippen molar-refractivity contribution in [1.82, 2.24) is 0 Å². The van der Waals surface area contributed by atoms with Gasteiger partial charge in [0.05, 0.1) is 45.0 Å². The van der Waals surface area contributed by atoms with Crippen molar-refractivity contribution >= 4 is 47.6 Å². The molecule has 4 N–H and O–H groups in total. The van der Waals surface area contributed by atoms with Crippen LogP contribution in [0.15, 0.2) is 105 Å². The van der Waals surface area contributed by atoms with Crippen molar-refractivity contribution in [3.05, 3.63) is 129 Å². The van der Waals surface area contributed by atoms with Crippen molar-refractivity contribution in [1.29, 1.82) is 0 Å². The lowest BCUT2D eigenvalue weighted by atomic mass is 10.1. The van der Waals surface area contributed by atoms with E-state index in [4.69, 9.17) is 0 Å². The number of hydrogen-bond acceptors (Lipinski definition) is 8. The predicted molar refractivity (Wildman–Crippen MR) is 188 cm³/mol. The van der Waals surface area contributed by atoms with Crippen molar-refractivity contribution in [3.63, 3.8) is 0 Å². The molecule has 0 radical (unpaired) electrons. The number of phenolic OH excluding ortho intramolecular Hbond substituents is 4. The number of hydrogen-bond donors (Lipinski definition) is 4. The van der Waals surface area contributed by atoms with E-state index in [1.807, 2.05) is 0 Å². The van der Waals surface area contributed by atoms with Gasteiger partial charge in [-0.05, 0) is 60.7 Å². The van der Waals surface area contributed by atoms with Crippen LogP contribution in [0.25, 0.3) is 0 Å². The molecule has 0 aromatic heterocycles. The van der Waals surface area contributed by atoms with E-state index in [-0.39, 0.29) is 0 Å². The minimum atomic E-state index is -5.01. The second-order valence-electron chi connectivity index (χ2n) is 11.8. The Kier molecular flexibility index (Phi) is 11.6. The molecule has 5 aromatic carbocycles. The molecular formula is C38H22F12N4O4. The Morgan fingerprint density at radius 1 is 0.328 bits per heavy atom. The zero-order valence-electron chi connectivity index (χ0n) is 28.5. The van der Waals surface area contributed by atoms with Gasteiger partial charge in [-0.2, -0.15) is 52.7 Å². The molecule has 0 spiro atoms. The maximum atomic E-state index is 13.5. The number of aliphatic imine (C=N–C) groups is 4. The Balaban J connectivity index is 1.76. The van der Waals surface area contributed by atoms with Gasteiger partial charge >= 0.3 is 24.7 Å². The van der Waals surface area contributed by atoms with Crippen molar-refractivity contribution in [2.24, 2.45) is 20.0 Å². The molecule has 0 saturated carbocycles. The Labute approximate surface area is 317 Å². The Hall–Kier alpha value is -6.86. The third kappa shape index (κ3) is 9.56. The van der Waals surface area contributed by atoms with E-state index in [9.17, 15) is 73.1 Å². The van der Waals surface area contributed by atoms with E-state index in [0.29, 0.717) is 24.3 Å². The standard InChI is InChI=1S/C38H22F12N4O4/c39-35(40,41)23-9-1-5-19(31(23)55)15-51-27-13-29(53-17-21-7-3-11-25(33(21)57)37(45,46)47)30(54-18-22-8-4-12-26(34(22)58)38(48,49)50)14-28(27)52-16-20-6-2-10-24(32(20)56)36(42,43)44/h1-18,55-58H. The fourth-order valence-electron chi connectivity index (χ4n) is 5.10. The summed E-state index contributed by atoms with van der Waals surface area (Å²) in [6.45, 7) is 0. The second kappa shape index (κ2) is 15.9. The van der Waals surface area contributed by atoms with E-state index in [1.165, 1.54) is 0 Å². The predicted octanol–water partition coefficient (Wildman–Crippen LogP) is 11.6. The monoisotopic (exact) mass is 826 g/mol. The van der Waals surface area contributed by atoms with Gasteiger partial charge in [-0.25, -0.2) is 0 Å². The molecule has 0 aliphatic heterocycles. The lowest BCUT2D eigenvalue weighted by molar-refractivity contribution is -0.139. The van der Waals surface area contributed by atoms with Gasteiger partial charge < -0.3 is 20.4 Å². The Bertz CT molecular complexity index is 2130. The topological polar surface area (TPSA) is 130 Å². The van der Waals surface area contributed by atoms with Gasteiger partial charge in [-0.15, -0.1) is 0 Å². The summed E-state index contributed by atoms with van der Waals surface area (Å²) in [5, 5.41) is 41.3. The average Bonchev–Trinajstić information content (AvgIpc) is 3.11. The van der Waals surface area contributed by atoms with E-state index >= 15 is 0 Å². The molecule has 0 heterocycles. The van der Waals surface area contributed by atoms with Crippen molar-refractivity contribution in [2.75, 3.05) is 0 Å². The third-order valence-electron chi connectivity index (χ3n) is 7.93. The highest BCUT2D eigenvalue weighted by atomic mass is 19.4. The zero-order valence-corrected chi connectivity index (χ0v) is 28.5. The summed E-state index contributed by atoms with van der Waals surface area (Å²) in [6.07, 6.45) is -17.2. The Morgan fingerprint density at radius 3 is 0.690 bits per heavy atom. The molecule has 0 aliphatic rings. The average molecular weight is 827 g/mol. The molecule has 0 amide bonds. The lowest BCUT2D eigenvalue weighted by Gasteiger charge is -2.12. The van der Waals surface area contributed by atoms with Crippen LogP contribution in [0.3, 0.4) is 0 Å². The van der Waals surface area contributed by atoms with Gasteiger partial charge in [0.25, 0.3) is 0 Å². The normalized spacial score (nSPS) is 13.2. The van der Waals surface area contributed by atoms with E-state index in [2.05, 4.69) is 20.0 Å². The fourth-order valence-corrected chi connectivity index (χ4v) is 5.10. The number of benzene rings is 5. The maximum Gasteiger partial charge on any atom is 0.419 e. The van der Waals surface area contributed by atoms with Crippen molar-refractivity contribution in [3.8, 4) is 23.0 Å². The van der Waals surface area contributed by atoms with Crippen LogP contribution in [-0.4, -0.2) is 45.3 Å². The third-order valence-corrected chi connectivity index (χ3v) is 7.93. The van der Waals surface area contributed by atoms with Crippen LogP contribution in [0, 0.1) is 0 Å². The van der Waals surface area contributed by atoms with Gasteiger partial charge in [-0.3, -0.25) is 20.0 Å². The molecule has 302 valence electrons. The number of rotatable bonds is 8. The second-order valence-corrected chi connectivity index (χ2v) is 11.8. The van der Waals surface area contributed by atoms with Crippen LogP contribution in [0.1, 0.15) is 44.5 Å². The molecule has 0 saturated heterocycles. The summed E-state index contributed by atoms with van der Waals surface area (Å²) in [5.74, 6) is -5.06. The Morgan fingerprint density at radius 2 is 0.517 bits per heavy atom. The van der Waals surface area contributed by atoms with Crippen molar-refractivity contribution < 1.29 is 73.1 Å². The highest BCUT2D eigenvalue weighted by Gasteiger charge is 2.37. The number of aromatic hydroxyl groups is 4. The number of nitrogens with zero attached hydrogens (tertiary/aromatic N) is 4. The van der Waals surface area contributed by atoms with Gasteiger partial charge in [0, 0.05) is 47.1 Å². The van der Waals surface area contributed by atoms with Gasteiger partial charge in [0.15, 0.2) is 0 Å². The minimum Gasteiger partial charge on any atom is -0.507 e. The van der Waals surface area contributed by atoms with Crippen LogP contribution in [0.4, 0.5) is 75.4 Å². The SMILES string of the molecule is Oc1c(C=Nc2cc(N=Cc3cccc(C(F)(F)F)c3O)c(N=Cc3cccc(C(F)(F)F)c3O)cc2N=Cc2cccc(C(F)(F)F)c2O)cccc1C(F)(F)F. The number of phenols is 4. The molecule has 0 unspecified atom stereocenters. The van der Waals surface area contributed by atoms with E-state index in [1.54, 1.807) is 0 Å². The quantitative estimate of drug-likeness (QED) is 0.0916. The molecule has 8 nitrogen and oxygen atoms in total. The summed E-state index contributed by atoms with van der Waals surface area (Å²) < 4.78 is 162. The molecule has 20 heteroatoms. The first-order valence-corrected chi connectivity index (χ1v) is 15.9. The lowest BCUT2D eigenvalue weighted by Crippen LogP contribution is -2.06. The summed E-state index contributed by atoms with van der Waals surface area (Å²) in [7, 11) is 0. The molecule has 0 atom stereocenters. The summed E-state index contributed by atoms with van der Waals surface area (Å²) >= 11 is 0. The highest BCUT2D eigenvalue weighted by Crippen LogP contribution is 2.44. The van der Waals surface area contributed by atoms with Crippen molar-refractivity contribution in [2.45, 2.75) is 24.7 Å². The van der Waals surface area contributed by atoms with Gasteiger partial charge in [-0.1, -0.05) is 24.3 Å². The zero-order chi connectivity index (χ0) is 42.8. The molecule has 5 aromatic rings. The number of halogens is 12. The van der Waals surface area contributed by atoms with E-state index < -0.39 is 115 Å². The first-order valence-electron chi connectivity index (χ1n) is 15.9. The van der Waals surface area contributed by atoms with Gasteiger partial charge in [0.1, 0.15) is 23.0 Å². The smallest absolute Gasteiger partial charge is 0.419 e. The molecule has 0 aliphatic carbocycles. The van der Waals surface area contributed by atoms with E-state index in [0.717, 1.165) is 85.5 Å². The molecule has 0 bridgehead atoms. The van der Waals surface area contributed by atoms with Crippen LogP contribution in [-0.2, 0) is 24.7 Å². The summed E-state index contributed by atoms with van der Waals surface area (Å²) in [4.78, 5) is 16.2. The minimum absolute atomic E-state index is 0.416. The highest BCUT2D eigenvalue weighted by molar-refractivity contribution is 5.95. The number of alkyl halides is 12. The molecular weight excluding hydrogens is 804 g/mol. The van der Waals surface area contributed by atoms with Crippen LogP contribution < -0.4 is 0 Å². The maximum absolute atomic E-state index is 13.5. The summed E-state index contributed by atoms with van der Waals surface area (Å²) in [5.41, 5.74) is -9.53. The van der Waals surface area contributed by atoms with Crippen LogP contribution >= 0.6 is 0 Å². The first kappa shape index (κ1) is 42.3.